The number of thiazole rings is 1. The molecule has 0 radical (unpaired) electrons. The average molecular weight is 410 g/mol. The maximum atomic E-state index is 12.5. The Balaban J connectivity index is 1.60. The Hall–Kier alpha value is -3.19. The van der Waals surface area contributed by atoms with Gasteiger partial charge in [0.15, 0.2) is 6.10 Å². The highest BCUT2D eigenvalue weighted by molar-refractivity contribution is 7.07. The van der Waals surface area contributed by atoms with Crippen LogP contribution >= 0.6 is 11.3 Å². The number of anilines is 1. The maximum absolute atomic E-state index is 12.5. The molecule has 0 saturated carbocycles. The molecular formula is C22H22N2O4S. The minimum absolute atomic E-state index is 0.0235. The summed E-state index contributed by atoms with van der Waals surface area (Å²) in [5, 5.41) is 4.58. The van der Waals surface area contributed by atoms with Crippen molar-refractivity contribution in [3.63, 3.8) is 0 Å². The Labute approximate surface area is 172 Å². The molecule has 150 valence electrons. The molecule has 0 aliphatic rings. The maximum Gasteiger partial charge on any atom is 0.308 e. The van der Waals surface area contributed by atoms with Crippen LogP contribution in [-0.2, 0) is 20.9 Å². The minimum Gasteiger partial charge on any atom is -0.452 e. The standard InChI is InChI=1S/C22H22N2O4S/c1-15-14-29-22(27)24(15)13-12-20(25)28-16(2)21(26)23-19-11-7-6-10-18(19)17-8-4-3-5-9-17/h3-11,14,16H,12-13H2,1-2H3,(H,23,26). The Bertz CT molecular complexity index is 1060. The van der Waals surface area contributed by atoms with Gasteiger partial charge in [-0.2, -0.15) is 0 Å². The van der Waals surface area contributed by atoms with Crippen molar-refractivity contribution in [2.75, 3.05) is 5.32 Å². The van der Waals surface area contributed by atoms with Crippen LogP contribution in [0.3, 0.4) is 0 Å². The van der Waals surface area contributed by atoms with E-state index in [-0.39, 0.29) is 17.8 Å². The predicted octanol–water partition coefficient (Wildman–Crippen LogP) is 3.85. The van der Waals surface area contributed by atoms with E-state index in [1.165, 1.54) is 11.5 Å². The molecule has 0 bridgehead atoms. The molecule has 6 nitrogen and oxygen atoms in total. The number of carbonyl (C=O) groups excluding carboxylic acids is 2. The Kier molecular flexibility index (Phi) is 6.61. The van der Waals surface area contributed by atoms with Crippen LogP contribution < -0.4 is 10.2 Å². The van der Waals surface area contributed by atoms with Gasteiger partial charge in [0.05, 0.1) is 6.42 Å². The fourth-order valence-corrected chi connectivity index (χ4v) is 3.64. The van der Waals surface area contributed by atoms with Gasteiger partial charge < -0.3 is 14.6 Å². The van der Waals surface area contributed by atoms with Crippen molar-refractivity contribution in [1.29, 1.82) is 0 Å². The summed E-state index contributed by atoms with van der Waals surface area (Å²) in [6.45, 7) is 3.57. The quantitative estimate of drug-likeness (QED) is 0.600. The molecule has 29 heavy (non-hydrogen) atoms. The fourth-order valence-electron chi connectivity index (χ4n) is 2.88. The van der Waals surface area contributed by atoms with Gasteiger partial charge in [-0.15, -0.1) is 0 Å². The first kappa shape index (κ1) is 20.5. The second kappa shape index (κ2) is 9.34. The van der Waals surface area contributed by atoms with E-state index < -0.39 is 18.0 Å². The number of aromatic nitrogens is 1. The zero-order chi connectivity index (χ0) is 20.8. The van der Waals surface area contributed by atoms with Crippen molar-refractivity contribution in [3.8, 4) is 11.1 Å². The lowest BCUT2D eigenvalue weighted by Crippen LogP contribution is -2.30. The molecule has 1 N–H and O–H groups in total. The number of nitrogens with zero attached hydrogens (tertiary/aromatic N) is 1. The summed E-state index contributed by atoms with van der Waals surface area (Å²) >= 11 is 1.09. The number of esters is 1. The average Bonchev–Trinajstić information content (AvgIpc) is 3.05. The molecule has 0 saturated heterocycles. The van der Waals surface area contributed by atoms with Crippen LogP contribution in [0.15, 0.2) is 64.8 Å². The first-order valence-electron chi connectivity index (χ1n) is 9.25. The third-order valence-electron chi connectivity index (χ3n) is 4.46. The minimum atomic E-state index is -0.952. The van der Waals surface area contributed by atoms with Crippen LogP contribution in [0.1, 0.15) is 19.0 Å². The second-order valence-corrected chi connectivity index (χ2v) is 7.40. The highest BCUT2D eigenvalue weighted by Crippen LogP contribution is 2.27. The van der Waals surface area contributed by atoms with Gasteiger partial charge >= 0.3 is 10.8 Å². The van der Waals surface area contributed by atoms with Gasteiger partial charge in [0.1, 0.15) is 0 Å². The number of carbonyl (C=O) groups is 2. The molecule has 1 unspecified atom stereocenters. The van der Waals surface area contributed by atoms with Crippen molar-refractivity contribution < 1.29 is 14.3 Å². The van der Waals surface area contributed by atoms with Gasteiger partial charge in [0.25, 0.3) is 5.91 Å². The van der Waals surface area contributed by atoms with Gasteiger partial charge in [0.2, 0.25) is 0 Å². The summed E-state index contributed by atoms with van der Waals surface area (Å²) in [6, 6.07) is 17.2. The number of benzene rings is 2. The van der Waals surface area contributed by atoms with E-state index in [2.05, 4.69) is 5.32 Å². The Morgan fingerprint density at radius 3 is 2.48 bits per heavy atom. The monoisotopic (exact) mass is 410 g/mol. The SMILES string of the molecule is Cc1csc(=O)n1CCC(=O)OC(C)C(=O)Nc1ccccc1-c1ccccc1. The van der Waals surface area contributed by atoms with E-state index >= 15 is 0 Å². The van der Waals surface area contributed by atoms with Crippen LogP contribution in [0.2, 0.25) is 0 Å². The molecule has 1 heterocycles. The number of para-hydroxylation sites is 1. The van der Waals surface area contributed by atoms with Gasteiger partial charge in [-0.1, -0.05) is 59.9 Å². The summed E-state index contributed by atoms with van der Waals surface area (Å²) in [7, 11) is 0. The van der Waals surface area contributed by atoms with Crippen LogP contribution in [0.25, 0.3) is 11.1 Å². The lowest BCUT2D eigenvalue weighted by molar-refractivity contribution is -0.153. The Morgan fingerprint density at radius 1 is 1.10 bits per heavy atom. The summed E-state index contributed by atoms with van der Waals surface area (Å²) < 4.78 is 6.77. The van der Waals surface area contributed by atoms with Crippen LogP contribution in [0.5, 0.6) is 0 Å². The second-order valence-electron chi connectivity index (χ2n) is 6.58. The molecule has 0 fully saturated rings. The highest BCUT2D eigenvalue weighted by atomic mass is 32.1. The number of hydrogen-bond acceptors (Lipinski definition) is 5. The zero-order valence-corrected chi connectivity index (χ0v) is 17.1. The van der Waals surface area contributed by atoms with E-state index in [0.29, 0.717) is 5.69 Å². The van der Waals surface area contributed by atoms with E-state index in [4.69, 9.17) is 4.74 Å². The number of aryl methyl sites for hydroxylation is 1. The molecule has 3 rings (SSSR count). The van der Waals surface area contributed by atoms with Gasteiger partial charge in [-0.3, -0.25) is 14.4 Å². The topological polar surface area (TPSA) is 77.4 Å². The first-order valence-corrected chi connectivity index (χ1v) is 10.1. The first-order chi connectivity index (χ1) is 14.0. The number of amides is 1. The molecule has 2 aromatic carbocycles. The van der Waals surface area contributed by atoms with Crippen molar-refractivity contribution in [2.24, 2.45) is 0 Å². The molecule has 3 aromatic rings. The predicted molar refractivity (Wildman–Crippen MR) is 114 cm³/mol. The summed E-state index contributed by atoms with van der Waals surface area (Å²) in [5.41, 5.74) is 3.31. The lowest BCUT2D eigenvalue weighted by atomic mass is 10.0. The Morgan fingerprint density at radius 2 is 1.79 bits per heavy atom. The van der Waals surface area contributed by atoms with E-state index in [1.54, 1.807) is 11.4 Å². The highest BCUT2D eigenvalue weighted by Gasteiger charge is 2.19. The molecule has 1 aromatic heterocycles. The van der Waals surface area contributed by atoms with E-state index in [9.17, 15) is 14.4 Å². The van der Waals surface area contributed by atoms with Crippen LogP contribution in [0, 0.1) is 6.92 Å². The summed E-state index contributed by atoms with van der Waals surface area (Å²) in [5.74, 6) is -0.938. The lowest BCUT2D eigenvalue weighted by Gasteiger charge is -2.16. The fraction of sp³-hybridized carbons (Fsp3) is 0.227. The van der Waals surface area contributed by atoms with Crippen molar-refractivity contribution in [1.82, 2.24) is 4.57 Å². The number of ether oxygens (including phenoxy) is 1. The van der Waals surface area contributed by atoms with Crippen molar-refractivity contribution >= 4 is 28.9 Å². The zero-order valence-electron chi connectivity index (χ0n) is 16.3. The number of rotatable bonds is 7. The summed E-state index contributed by atoms with van der Waals surface area (Å²) in [6.07, 6.45) is -0.929. The number of hydrogen-bond donors (Lipinski definition) is 1. The van der Waals surface area contributed by atoms with Crippen molar-refractivity contribution in [2.45, 2.75) is 32.9 Å². The molecule has 1 amide bonds. The summed E-state index contributed by atoms with van der Waals surface area (Å²) in [4.78, 5) is 36.2. The molecule has 1 atom stereocenters. The normalized spacial score (nSPS) is 11.7. The van der Waals surface area contributed by atoms with E-state index in [1.807, 2.05) is 55.5 Å². The van der Waals surface area contributed by atoms with E-state index in [0.717, 1.165) is 28.2 Å². The van der Waals surface area contributed by atoms with Crippen LogP contribution in [-0.4, -0.2) is 22.5 Å². The molecule has 0 spiro atoms. The smallest absolute Gasteiger partial charge is 0.308 e. The van der Waals surface area contributed by atoms with Crippen LogP contribution in [0.4, 0.5) is 5.69 Å². The van der Waals surface area contributed by atoms with Crippen molar-refractivity contribution in [3.05, 3.63) is 75.3 Å². The molecule has 7 heteroatoms. The third-order valence-corrected chi connectivity index (χ3v) is 5.34. The molecule has 0 aliphatic carbocycles. The number of nitrogens with one attached hydrogen (secondary N) is 1. The largest absolute Gasteiger partial charge is 0.452 e. The molecule has 0 aliphatic heterocycles. The van der Waals surface area contributed by atoms with Gasteiger partial charge in [-0.25, -0.2) is 0 Å². The van der Waals surface area contributed by atoms with Gasteiger partial charge in [0, 0.05) is 28.9 Å². The third kappa shape index (κ3) is 5.20. The molecular weight excluding hydrogens is 388 g/mol. The van der Waals surface area contributed by atoms with Gasteiger partial charge in [-0.05, 0) is 25.5 Å².